The zero-order chi connectivity index (χ0) is 14.0. The number of rotatable bonds is 4. The van der Waals surface area contributed by atoms with Gasteiger partial charge >= 0.3 is 0 Å². The van der Waals surface area contributed by atoms with Crippen LogP contribution in [0.5, 0.6) is 0 Å². The van der Waals surface area contributed by atoms with Crippen LogP contribution in [0.3, 0.4) is 0 Å². The van der Waals surface area contributed by atoms with Crippen LogP contribution in [0, 0.1) is 5.82 Å². The molecule has 1 heterocycles. The summed E-state index contributed by atoms with van der Waals surface area (Å²) in [7, 11) is 0. The molecule has 2 unspecified atom stereocenters. The number of halogens is 2. The SMILES string of the molecule is CCCCN1C(=O)CC(N)C1c1c(F)cccc1Cl. The molecular formula is C14H18ClFN2O. The lowest BCUT2D eigenvalue weighted by atomic mass is 10.00. The van der Waals surface area contributed by atoms with Crippen molar-refractivity contribution >= 4 is 17.5 Å². The summed E-state index contributed by atoms with van der Waals surface area (Å²) in [5.41, 5.74) is 6.36. The van der Waals surface area contributed by atoms with Gasteiger partial charge in [-0.15, -0.1) is 0 Å². The van der Waals surface area contributed by atoms with Gasteiger partial charge in [0.1, 0.15) is 5.82 Å². The molecule has 104 valence electrons. The molecule has 1 aromatic rings. The normalized spacial score (nSPS) is 23.2. The van der Waals surface area contributed by atoms with Crippen LogP contribution >= 0.6 is 11.6 Å². The minimum Gasteiger partial charge on any atom is -0.334 e. The van der Waals surface area contributed by atoms with Gasteiger partial charge in [0.15, 0.2) is 0 Å². The van der Waals surface area contributed by atoms with Gasteiger partial charge in [0.2, 0.25) is 5.91 Å². The van der Waals surface area contributed by atoms with Crippen molar-refractivity contribution < 1.29 is 9.18 Å². The van der Waals surface area contributed by atoms with Gasteiger partial charge < -0.3 is 10.6 Å². The molecule has 0 aromatic heterocycles. The van der Waals surface area contributed by atoms with E-state index >= 15 is 0 Å². The van der Waals surface area contributed by atoms with E-state index in [2.05, 4.69) is 0 Å². The van der Waals surface area contributed by atoms with Crippen LogP contribution < -0.4 is 5.73 Å². The largest absolute Gasteiger partial charge is 0.334 e. The van der Waals surface area contributed by atoms with E-state index in [0.29, 0.717) is 17.1 Å². The number of nitrogens with two attached hydrogens (primary N) is 1. The molecule has 0 spiro atoms. The lowest BCUT2D eigenvalue weighted by Gasteiger charge is -2.28. The van der Waals surface area contributed by atoms with Crippen LogP contribution in [-0.4, -0.2) is 23.4 Å². The van der Waals surface area contributed by atoms with Gasteiger partial charge in [0.25, 0.3) is 0 Å². The molecule has 1 saturated heterocycles. The number of carbonyl (C=O) groups is 1. The third-order valence-corrected chi connectivity index (χ3v) is 3.85. The molecule has 5 heteroatoms. The molecule has 2 rings (SSSR count). The lowest BCUT2D eigenvalue weighted by Crippen LogP contribution is -2.34. The van der Waals surface area contributed by atoms with Crippen molar-refractivity contribution in [2.45, 2.75) is 38.3 Å². The predicted molar refractivity (Wildman–Crippen MR) is 73.4 cm³/mol. The summed E-state index contributed by atoms with van der Waals surface area (Å²) in [6, 6.07) is 3.69. The van der Waals surface area contributed by atoms with Crippen LogP contribution in [0.2, 0.25) is 5.02 Å². The topological polar surface area (TPSA) is 46.3 Å². The Balaban J connectivity index is 2.36. The zero-order valence-corrected chi connectivity index (χ0v) is 11.7. The van der Waals surface area contributed by atoms with Gasteiger partial charge in [0, 0.05) is 29.6 Å². The smallest absolute Gasteiger partial charge is 0.224 e. The van der Waals surface area contributed by atoms with E-state index in [1.165, 1.54) is 6.07 Å². The molecule has 0 saturated carbocycles. The molecule has 3 nitrogen and oxygen atoms in total. The predicted octanol–water partition coefficient (Wildman–Crippen LogP) is 2.88. The monoisotopic (exact) mass is 284 g/mol. The number of hydrogen-bond acceptors (Lipinski definition) is 2. The number of likely N-dealkylation sites (tertiary alicyclic amines) is 1. The molecule has 0 radical (unpaired) electrons. The van der Waals surface area contributed by atoms with Crippen LogP contribution in [0.25, 0.3) is 0 Å². The van der Waals surface area contributed by atoms with Gasteiger partial charge in [-0.05, 0) is 18.6 Å². The zero-order valence-electron chi connectivity index (χ0n) is 10.9. The quantitative estimate of drug-likeness (QED) is 0.924. The highest BCUT2D eigenvalue weighted by Gasteiger charge is 2.40. The standard InChI is InChI=1S/C14H18ClFN2O/c1-2-3-7-18-12(19)8-11(17)14(18)13-9(15)5-4-6-10(13)16/h4-6,11,14H,2-3,7-8,17H2,1H3. The Morgan fingerprint density at radius 3 is 2.89 bits per heavy atom. The second kappa shape index (κ2) is 5.88. The summed E-state index contributed by atoms with van der Waals surface area (Å²) in [6.45, 7) is 2.64. The highest BCUT2D eigenvalue weighted by molar-refractivity contribution is 6.31. The van der Waals surface area contributed by atoms with Crippen molar-refractivity contribution in [1.82, 2.24) is 4.90 Å². The van der Waals surface area contributed by atoms with Gasteiger partial charge in [-0.2, -0.15) is 0 Å². The Bertz CT molecular complexity index is 460. The molecule has 1 aromatic carbocycles. The summed E-state index contributed by atoms with van der Waals surface area (Å²) in [4.78, 5) is 13.6. The molecule has 1 fully saturated rings. The number of benzene rings is 1. The molecule has 2 atom stereocenters. The van der Waals surface area contributed by atoms with E-state index < -0.39 is 17.9 Å². The number of carbonyl (C=O) groups excluding carboxylic acids is 1. The fourth-order valence-corrected chi connectivity index (χ4v) is 2.85. The Hall–Kier alpha value is -1.13. The van der Waals surface area contributed by atoms with Crippen molar-refractivity contribution in [2.24, 2.45) is 5.73 Å². The van der Waals surface area contributed by atoms with E-state index in [0.717, 1.165) is 12.8 Å². The fraction of sp³-hybridized carbons (Fsp3) is 0.500. The molecule has 1 amide bonds. The summed E-state index contributed by atoms with van der Waals surface area (Å²) in [5, 5.41) is 0.330. The maximum absolute atomic E-state index is 14.0. The average molecular weight is 285 g/mol. The molecular weight excluding hydrogens is 267 g/mol. The van der Waals surface area contributed by atoms with Gasteiger partial charge in [-0.3, -0.25) is 4.79 Å². The van der Waals surface area contributed by atoms with E-state index in [4.69, 9.17) is 17.3 Å². The second-order valence-electron chi connectivity index (χ2n) is 4.89. The Labute approximate surface area is 117 Å². The molecule has 0 bridgehead atoms. The second-order valence-corrected chi connectivity index (χ2v) is 5.30. The highest BCUT2D eigenvalue weighted by atomic mass is 35.5. The minimum atomic E-state index is -0.451. The first kappa shape index (κ1) is 14.3. The van der Waals surface area contributed by atoms with Crippen molar-refractivity contribution in [2.75, 3.05) is 6.54 Å². The van der Waals surface area contributed by atoms with Crippen LogP contribution in [0.4, 0.5) is 4.39 Å². The summed E-state index contributed by atoms with van der Waals surface area (Å²) in [5.74, 6) is -0.422. The summed E-state index contributed by atoms with van der Waals surface area (Å²) < 4.78 is 14.0. The average Bonchev–Trinajstić information content (AvgIpc) is 2.62. The van der Waals surface area contributed by atoms with E-state index in [-0.39, 0.29) is 12.3 Å². The van der Waals surface area contributed by atoms with Crippen molar-refractivity contribution in [3.8, 4) is 0 Å². The van der Waals surface area contributed by atoms with Crippen molar-refractivity contribution in [3.63, 3.8) is 0 Å². The Morgan fingerprint density at radius 1 is 1.53 bits per heavy atom. The van der Waals surface area contributed by atoms with E-state index in [9.17, 15) is 9.18 Å². The minimum absolute atomic E-state index is 0.0229. The lowest BCUT2D eigenvalue weighted by molar-refractivity contribution is -0.129. The maximum atomic E-state index is 14.0. The number of hydrogen-bond donors (Lipinski definition) is 1. The highest BCUT2D eigenvalue weighted by Crippen LogP contribution is 2.37. The van der Waals surface area contributed by atoms with Crippen LogP contribution in [0.1, 0.15) is 37.8 Å². The number of amides is 1. The van der Waals surface area contributed by atoms with Gasteiger partial charge in [-0.25, -0.2) is 4.39 Å². The number of unbranched alkanes of at least 4 members (excludes halogenated alkanes) is 1. The third-order valence-electron chi connectivity index (χ3n) is 3.52. The Morgan fingerprint density at radius 2 is 2.26 bits per heavy atom. The number of nitrogens with zero attached hydrogens (tertiary/aromatic N) is 1. The first-order valence-electron chi connectivity index (χ1n) is 6.55. The third kappa shape index (κ3) is 2.74. The Kier molecular flexibility index (Phi) is 4.42. The van der Waals surface area contributed by atoms with Crippen molar-refractivity contribution in [1.29, 1.82) is 0 Å². The van der Waals surface area contributed by atoms with Gasteiger partial charge in [0.05, 0.1) is 6.04 Å². The van der Waals surface area contributed by atoms with Gasteiger partial charge in [-0.1, -0.05) is 31.0 Å². The molecule has 1 aliphatic rings. The van der Waals surface area contributed by atoms with E-state index in [1.807, 2.05) is 6.92 Å². The fourth-order valence-electron chi connectivity index (χ4n) is 2.57. The molecule has 0 aliphatic carbocycles. The summed E-state index contributed by atoms with van der Waals surface area (Å²) >= 11 is 6.09. The first-order chi connectivity index (χ1) is 9.06. The van der Waals surface area contributed by atoms with Crippen LogP contribution in [-0.2, 0) is 4.79 Å². The molecule has 2 N–H and O–H groups in total. The van der Waals surface area contributed by atoms with Crippen LogP contribution in [0.15, 0.2) is 18.2 Å². The first-order valence-corrected chi connectivity index (χ1v) is 6.93. The van der Waals surface area contributed by atoms with E-state index in [1.54, 1.807) is 17.0 Å². The van der Waals surface area contributed by atoms with Crippen molar-refractivity contribution in [3.05, 3.63) is 34.6 Å². The molecule has 1 aliphatic heterocycles. The maximum Gasteiger partial charge on any atom is 0.224 e. The molecule has 19 heavy (non-hydrogen) atoms. The summed E-state index contributed by atoms with van der Waals surface area (Å²) in [6.07, 6.45) is 2.09.